The standard InChI is InChI=1S/C22H15ClN4O4/c1-27-22(14(10-24)11-25-27)26-18(28)12-30-21-19(29)16-4-2-3-5-17(16)31-20(21)13-6-8-15(23)9-7-13/h2-9,11H,12H2,1H3,(H,26,28). The molecule has 0 fully saturated rings. The number of carbonyl (C=O) groups excluding carboxylic acids is 1. The molecular formula is C22H15ClN4O4. The summed E-state index contributed by atoms with van der Waals surface area (Å²) in [5.74, 6) is -0.234. The molecule has 8 nitrogen and oxygen atoms in total. The van der Waals surface area contributed by atoms with Crippen molar-refractivity contribution in [3.63, 3.8) is 0 Å². The van der Waals surface area contributed by atoms with E-state index in [1.807, 2.05) is 6.07 Å². The Hall–Kier alpha value is -4.09. The monoisotopic (exact) mass is 434 g/mol. The molecule has 0 unspecified atom stereocenters. The Morgan fingerprint density at radius 3 is 2.74 bits per heavy atom. The molecule has 0 saturated heterocycles. The van der Waals surface area contributed by atoms with Crippen LogP contribution in [0.2, 0.25) is 5.02 Å². The van der Waals surface area contributed by atoms with Crippen molar-refractivity contribution < 1.29 is 13.9 Å². The van der Waals surface area contributed by atoms with Gasteiger partial charge in [0.25, 0.3) is 5.91 Å². The largest absolute Gasteiger partial charge is 0.476 e. The number of fused-ring (bicyclic) bond motifs is 1. The van der Waals surface area contributed by atoms with Gasteiger partial charge >= 0.3 is 0 Å². The molecule has 2 heterocycles. The van der Waals surface area contributed by atoms with Crippen LogP contribution in [0.15, 0.2) is 63.9 Å². The van der Waals surface area contributed by atoms with Gasteiger partial charge in [0.1, 0.15) is 23.0 Å². The van der Waals surface area contributed by atoms with Crippen LogP contribution in [0.1, 0.15) is 5.56 Å². The first-order valence-corrected chi connectivity index (χ1v) is 9.52. The van der Waals surface area contributed by atoms with Crippen LogP contribution >= 0.6 is 11.6 Å². The summed E-state index contributed by atoms with van der Waals surface area (Å²) in [6.45, 7) is -0.472. The second-order valence-corrected chi connectivity index (χ2v) is 7.01. The summed E-state index contributed by atoms with van der Waals surface area (Å²) >= 11 is 5.97. The molecule has 154 valence electrons. The lowest BCUT2D eigenvalue weighted by Crippen LogP contribution is -2.24. The Morgan fingerprint density at radius 2 is 2.00 bits per heavy atom. The minimum absolute atomic E-state index is 0.0957. The SMILES string of the molecule is Cn1ncc(C#N)c1NC(=O)COc1c(-c2ccc(Cl)cc2)oc2ccccc2c1=O. The molecule has 4 rings (SSSR count). The third-order valence-electron chi connectivity index (χ3n) is 4.53. The second-order valence-electron chi connectivity index (χ2n) is 6.57. The van der Waals surface area contributed by atoms with Crippen molar-refractivity contribution in [3.8, 4) is 23.1 Å². The van der Waals surface area contributed by atoms with Crippen LogP contribution in [0, 0.1) is 11.3 Å². The Kier molecular flexibility index (Phi) is 5.43. The van der Waals surface area contributed by atoms with E-state index in [1.165, 1.54) is 10.9 Å². The van der Waals surface area contributed by atoms with E-state index in [0.717, 1.165) is 0 Å². The molecule has 2 aromatic heterocycles. The first-order valence-electron chi connectivity index (χ1n) is 9.14. The molecule has 0 spiro atoms. The molecular weight excluding hydrogens is 420 g/mol. The number of aryl methyl sites for hydroxylation is 1. The van der Waals surface area contributed by atoms with E-state index in [-0.39, 0.29) is 22.9 Å². The number of hydrogen-bond acceptors (Lipinski definition) is 6. The molecule has 9 heteroatoms. The highest BCUT2D eigenvalue weighted by Gasteiger charge is 2.19. The third kappa shape index (κ3) is 3.99. The average Bonchev–Trinajstić information content (AvgIpc) is 3.13. The fourth-order valence-corrected chi connectivity index (χ4v) is 3.15. The number of amides is 1. The number of hydrogen-bond donors (Lipinski definition) is 1. The normalized spacial score (nSPS) is 10.6. The number of rotatable bonds is 5. The molecule has 0 aliphatic rings. The number of nitriles is 1. The van der Waals surface area contributed by atoms with Crippen LogP contribution in [0.4, 0.5) is 5.82 Å². The van der Waals surface area contributed by atoms with E-state index in [1.54, 1.807) is 55.6 Å². The Balaban J connectivity index is 1.68. The van der Waals surface area contributed by atoms with Crippen LogP contribution in [0.3, 0.4) is 0 Å². The van der Waals surface area contributed by atoms with Crippen molar-refractivity contribution in [1.29, 1.82) is 5.26 Å². The maximum absolute atomic E-state index is 13.1. The number of anilines is 1. The molecule has 0 saturated carbocycles. The predicted molar refractivity (Wildman–Crippen MR) is 115 cm³/mol. The van der Waals surface area contributed by atoms with Crippen molar-refractivity contribution in [2.24, 2.45) is 7.05 Å². The molecule has 31 heavy (non-hydrogen) atoms. The van der Waals surface area contributed by atoms with Crippen LogP contribution in [0.25, 0.3) is 22.3 Å². The van der Waals surface area contributed by atoms with E-state index < -0.39 is 17.9 Å². The van der Waals surface area contributed by atoms with Gasteiger partial charge in [-0.1, -0.05) is 23.7 Å². The molecule has 0 bridgehead atoms. The van der Waals surface area contributed by atoms with Gasteiger partial charge in [-0.3, -0.25) is 14.3 Å². The lowest BCUT2D eigenvalue weighted by atomic mass is 10.1. The summed E-state index contributed by atoms with van der Waals surface area (Å²) in [5, 5.41) is 16.5. The first kappa shape index (κ1) is 20.2. The highest BCUT2D eigenvalue weighted by molar-refractivity contribution is 6.30. The highest BCUT2D eigenvalue weighted by atomic mass is 35.5. The zero-order valence-electron chi connectivity index (χ0n) is 16.3. The topological polar surface area (TPSA) is 110 Å². The third-order valence-corrected chi connectivity index (χ3v) is 4.78. The summed E-state index contributed by atoms with van der Waals surface area (Å²) in [5.41, 5.74) is 0.768. The van der Waals surface area contributed by atoms with Crippen LogP contribution in [0.5, 0.6) is 5.75 Å². The number of carbonyl (C=O) groups is 1. The Labute approximate surface area is 181 Å². The summed E-state index contributed by atoms with van der Waals surface area (Å²) in [6.07, 6.45) is 1.34. The molecule has 0 aliphatic carbocycles. The minimum Gasteiger partial charge on any atom is -0.476 e. The highest BCUT2D eigenvalue weighted by Crippen LogP contribution is 2.31. The van der Waals surface area contributed by atoms with E-state index >= 15 is 0 Å². The molecule has 2 aromatic carbocycles. The zero-order chi connectivity index (χ0) is 22.0. The lowest BCUT2D eigenvalue weighted by Gasteiger charge is -2.12. The average molecular weight is 435 g/mol. The quantitative estimate of drug-likeness (QED) is 0.512. The van der Waals surface area contributed by atoms with Crippen molar-refractivity contribution in [2.75, 3.05) is 11.9 Å². The van der Waals surface area contributed by atoms with Gasteiger partial charge in [-0.05, 0) is 36.4 Å². The van der Waals surface area contributed by atoms with Crippen LogP contribution < -0.4 is 15.5 Å². The van der Waals surface area contributed by atoms with Crippen LogP contribution in [-0.2, 0) is 11.8 Å². The van der Waals surface area contributed by atoms with Gasteiger partial charge in [0, 0.05) is 17.6 Å². The Bertz CT molecular complexity index is 1380. The van der Waals surface area contributed by atoms with Gasteiger partial charge in [-0.15, -0.1) is 0 Å². The number of benzene rings is 2. The first-order chi connectivity index (χ1) is 15.0. The summed E-state index contributed by atoms with van der Waals surface area (Å²) < 4.78 is 12.9. The smallest absolute Gasteiger partial charge is 0.263 e. The van der Waals surface area contributed by atoms with Gasteiger partial charge in [-0.2, -0.15) is 10.4 Å². The zero-order valence-corrected chi connectivity index (χ0v) is 17.0. The molecule has 1 N–H and O–H groups in total. The number of para-hydroxylation sites is 1. The predicted octanol–water partition coefficient (Wildman–Crippen LogP) is 3.74. The van der Waals surface area contributed by atoms with E-state index in [4.69, 9.17) is 26.0 Å². The molecule has 1 amide bonds. The van der Waals surface area contributed by atoms with E-state index in [2.05, 4.69) is 10.4 Å². The minimum atomic E-state index is -0.560. The van der Waals surface area contributed by atoms with Crippen molar-refractivity contribution in [3.05, 3.63) is 75.5 Å². The van der Waals surface area contributed by atoms with Crippen molar-refractivity contribution in [2.45, 2.75) is 0 Å². The van der Waals surface area contributed by atoms with Gasteiger partial charge < -0.3 is 14.5 Å². The van der Waals surface area contributed by atoms with Gasteiger partial charge in [0.05, 0.1) is 11.6 Å². The fourth-order valence-electron chi connectivity index (χ4n) is 3.02. The molecule has 4 aromatic rings. The van der Waals surface area contributed by atoms with Gasteiger partial charge in [-0.25, -0.2) is 0 Å². The number of halogens is 1. The Morgan fingerprint density at radius 1 is 1.26 bits per heavy atom. The van der Waals surface area contributed by atoms with Crippen molar-refractivity contribution in [1.82, 2.24) is 9.78 Å². The summed E-state index contributed by atoms with van der Waals surface area (Å²) in [6, 6.07) is 15.4. The van der Waals surface area contributed by atoms with Gasteiger partial charge in [0.15, 0.2) is 12.4 Å². The number of aromatic nitrogens is 2. The van der Waals surface area contributed by atoms with Crippen LogP contribution in [-0.4, -0.2) is 22.3 Å². The fraction of sp³-hybridized carbons (Fsp3) is 0.0909. The number of nitrogens with zero attached hydrogens (tertiary/aromatic N) is 3. The van der Waals surface area contributed by atoms with E-state index in [9.17, 15) is 9.59 Å². The summed E-state index contributed by atoms with van der Waals surface area (Å²) in [7, 11) is 1.59. The second kappa shape index (κ2) is 8.34. The lowest BCUT2D eigenvalue weighted by molar-refractivity contribution is -0.118. The van der Waals surface area contributed by atoms with Crippen molar-refractivity contribution >= 4 is 34.3 Å². The number of nitrogens with one attached hydrogen (secondary N) is 1. The molecule has 0 atom stereocenters. The van der Waals surface area contributed by atoms with Gasteiger partial charge in [0.2, 0.25) is 11.2 Å². The molecule has 0 radical (unpaired) electrons. The maximum Gasteiger partial charge on any atom is 0.263 e. The maximum atomic E-state index is 13.1. The molecule has 0 aliphatic heterocycles. The van der Waals surface area contributed by atoms with E-state index in [0.29, 0.717) is 21.6 Å². The number of ether oxygens (including phenoxy) is 1. The summed E-state index contributed by atoms with van der Waals surface area (Å²) in [4.78, 5) is 25.5.